The van der Waals surface area contributed by atoms with Gasteiger partial charge in [-0.05, 0) is 38.5 Å². The van der Waals surface area contributed by atoms with E-state index < -0.39 is 0 Å². The van der Waals surface area contributed by atoms with E-state index in [0.29, 0.717) is 6.61 Å². The molecular weight excluding hydrogens is 248 g/mol. The summed E-state index contributed by atoms with van der Waals surface area (Å²) in [5.74, 6) is 0.829. The number of ether oxygens (including phenoxy) is 1. The van der Waals surface area contributed by atoms with Crippen LogP contribution in [0.2, 0.25) is 0 Å². The van der Waals surface area contributed by atoms with Crippen LogP contribution in [0.25, 0.3) is 5.65 Å². The Morgan fingerprint density at radius 3 is 2.50 bits per heavy atom. The van der Waals surface area contributed by atoms with Crippen molar-refractivity contribution in [2.24, 2.45) is 0 Å². The average Bonchev–Trinajstić information content (AvgIpc) is 2.76. The van der Waals surface area contributed by atoms with E-state index in [-0.39, 0.29) is 0 Å². The van der Waals surface area contributed by atoms with Crippen LogP contribution in [-0.4, -0.2) is 9.38 Å². The Bertz CT molecular complexity index is 745. The topological polar surface area (TPSA) is 26.5 Å². The minimum Gasteiger partial charge on any atom is -0.485 e. The smallest absolute Gasteiger partial charge is 0.180 e. The maximum absolute atomic E-state index is 5.95. The molecule has 0 saturated carbocycles. The van der Waals surface area contributed by atoms with Gasteiger partial charge in [-0.15, -0.1) is 0 Å². The molecule has 0 unspecified atom stereocenters. The molecule has 20 heavy (non-hydrogen) atoms. The summed E-state index contributed by atoms with van der Waals surface area (Å²) in [6.07, 6.45) is 0. The third-order valence-corrected chi connectivity index (χ3v) is 3.63. The van der Waals surface area contributed by atoms with Gasteiger partial charge in [0.25, 0.3) is 0 Å². The first-order valence-corrected chi connectivity index (χ1v) is 6.79. The van der Waals surface area contributed by atoms with E-state index >= 15 is 0 Å². The molecule has 0 N–H and O–H groups in total. The van der Waals surface area contributed by atoms with Crippen molar-refractivity contribution in [2.45, 2.75) is 27.4 Å². The van der Waals surface area contributed by atoms with E-state index in [1.54, 1.807) is 0 Å². The lowest BCUT2D eigenvalue weighted by Crippen LogP contribution is -2.00. The fourth-order valence-corrected chi connectivity index (χ4v) is 2.40. The molecule has 3 rings (SSSR count). The highest BCUT2D eigenvalue weighted by Crippen LogP contribution is 2.24. The molecule has 0 aliphatic carbocycles. The quantitative estimate of drug-likeness (QED) is 0.720. The standard InChI is InChI=1S/C17H18N2O/c1-12-9-10-16(17-18-13(2)14(3)19(12)17)20-11-15-7-5-4-6-8-15/h4-10H,11H2,1-3H3. The zero-order valence-corrected chi connectivity index (χ0v) is 12.1. The maximum Gasteiger partial charge on any atom is 0.180 e. The zero-order chi connectivity index (χ0) is 14.1. The molecule has 3 nitrogen and oxygen atoms in total. The third-order valence-electron chi connectivity index (χ3n) is 3.63. The van der Waals surface area contributed by atoms with Crippen LogP contribution in [0.15, 0.2) is 42.5 Å². The van der Waals surface area contributed by atoms with Crippen LogP contribution in [0, 0.1) is 20.8 Å². The Labute approximate surface area is 118 Å². The molecule has 2 aromatic heterocycles. The number of imidazole rings is 1. The lowest BCUT2D eigenvalue weighted by atomic mass is 10.2. The normalized spacial score (nSPS) is 10.9. The molecule has 0 amide bonds. The largest absolute Gasteiger partial charge is 0.485 e. The average molecular weight is 266 g/mol. The van der Waals surface area contributed by atoms with Crippen LogP contribution in [0.1, 0.15) is 22.6 Å². The third kappa shape index (κ3) is 2.16. The van der Waals surface area contributed by atoms with Gasteiger partial charge >= 0.3 is 0 Å². The predicted octanol–water partition coefficient (Wildman–Crippen LogP) is 3.84. The van der Waals surface area contributed by atoms with E-state index in [4.69, 9.17) is 4.74 Å². The van der Waals surface area contributed by atoms with Crippen molar-refractivity contribution >= 4 is 5.65 Å². The molecule has 3 heteroatoms. The number of benzene rings is 1. The molecule has 0 radical (unpaired) electrons. The number of pyridine rings is 1. The van der Waals surface area contributed by atoms with E-state index in [1.165, 1.54) is 11.4 Å². The van der Waals surface area contributed by atoms with Crippen LogP contribution >= 0.6 is 0 Å². The second-order valence-electron chi connectivity index (χ2n) is 5.05. The molecular formula is C17H18N2O. The summed E-state index contributed by atoms with van der Waals surface area (Å²) in [6, 6.07) is 14.2. The van der Waals surface area contributed by atoms with Crippen LogP contribution in [0.3, 0.4) is 0 Å². The van der Waals surface area contributed by atoms with Crippen LogP contribution < -0.4 is 4.74 Å². The summed E-state index contributed by atoms with van der Waals surface area (Å²) in [5.41, 5.74) is 5.44. The van der Waals surface area contributed by atoms with E-state index in [9.17, 15) is 0 Å². The Kier molecular flexibility index (Phi) is 3.18. The summed E-state index contributed by atoms with van der Waals surface area (Å²) in [4.78, 5) is 4.62. The number of hydrogen-bond acceptors (Lipinski definition) is 2. The van der Waals surface area contributed by atoms with Crippen LogP contribution in [-0.2, 0) is 6.61 Å². The van der Waals surface area contributed by atoms with Crippen LogP contribution in [0.5, 0.6) is 5.75 Å². The van der Waals surface area contributed by atoms with Gasteiger partial charge in [0.15, 0.2) is 11.4 Å². The molecule has 0 bridgehead atoms. The number of hydrogen-bond donors (Lipinski definition) is 0. The van der Waals surface area contributed by atoms with Crippen molar-refractivity contribution in [3.05, 3.63) is 65.1 Å². The molecule has 0 saturated heterocycles. The van der Waals surface area contributed by atoms with Gasteiger partial charge in [-0.3, -0.25) is 4.40 Å². The van der Waals surface area contributed by atoms with Crippen molar-refractivity contribution in [2.75, 3.05) is 0 Å². The summed E-state index contributed by atoms with van der Waals surface area (Å²) >= 11 is 0. The zero-order valence-electron chi connectivity index (χ0n) is 12.1. The van der Waals surface area contributed by atoms with Gasteiger partial charge in [-0.1, -0.05) is 30.3 Å². The molecule has 102 valence electrons. The first-order valence-electron chi connectivity index (χ1n) is 6.79. The molecule has 2 heterocycles. The van der Waals surface area contributed by atoms with Crippen molar-refractivity contribution in [3.8, 4) is 5.75 Å². The van der Waals surface area contributed by atoms with Crippen LogP contribution in [0.4, 0.5) is 0 Å². The monoisotopic (exact) mass is 266 g/mol. The molecule has 0 atom stereocenters. The van der Waals surface area contributed by atoms with Gasteiger partial charge in [0.05, 0.1) is 5.69 Å². The summed E-state index contributed by atoms with van der Waals surface area (Å²) in [7, 11) is 0. The van der Waals surface area contributed by atoms with Gasteiger partial charge in [-0.2, -0.15) is 0 Å². The number of rotatable bonds is 3. The van der Waals surface area contributed by atoms with E-state index in [2.05, 4.69) is 41.4 Å². The molecule has 1 aromatic carbocycles. The minimum atomic E-state index is 0.560. The summed E-state index contributed by atoms with van der Waals surface area (Å²) in [6.45, 7) is 6.76. The van der Waals surface area contributed by atoms with Crippen molar-refractivity contribution < 1.29 is 4.74 Å². The Hall–Kier alpha value is -2.29. The first-order chi connectivity index (χ1) is 9.66. The highest BCUT2D eigenvalue weighted by Gasteiger charge is 2.11. The van der Waals surface area contributed by atoms with Gasteiger partial charge in [0.2, 0.25) is 0 Å². The van der Waals surface area contributed by atoms with Gasteiger partial charge in [0, 0.05) is 11.4 Å². The SMILES string of the molecule is Cc1nc2c(OCc3ccccc3)ccc(C)n2c1C. The number of aryl methyl sites for hydroxylation is 3. The highest BCUT2D eigenvalue weighted by atomic mass is 16.5. The summed E-state index contributed by atoms with van der Waals surface area (Å²) < 4.78 is 8.09. The number of aromatic nitrogens is 2. The highest BCUT2D eigenvalue weighted by molar-refractivity contribution is 5.57. The van der Waals surface area contributed by atoms with Gasteiger partial charge < -0.3 is 4.74 Å². The predicted molar refractivity (Wildman–Crippen MR) is 80.2 cm³/mol. The van der Waals surface area contributed by atoms with Gasteiger partial charge in [0.1, 0.15) is 6.61 Å². The summed E-state index contributed by atoms with van der Waals surface area (Å²) in [5, 5.41) is 0. The van der Waals surface area contributed by atoms with Crippen molar-refractivity contribution in [3.63, 3.8) is 0 Å². The Balaban J connectivity index is 1.96. The first kappa shape index (κ1) is 12.7. The Morgan fingerprint density at radius 2 is 1.75 bits per heavy atom. The van der Waals surface area contributed by atoms with Crippen molar-refractivity contribution in [1.82, 2.24) is 9.38 Å². The van der Waals surface area contributed by atoms with Gasteiger partial charge in [-0.25, -0.2) is 4.98 Å². The second-order valence-corrected chi connectivity index (χ2v) is 5.05. The maximum atomic E-state index is 5.95. The lowest BCUT2D eigenvalue weighted by Gasteiger charge is -2.09. The fourth-order valence-electron chi connectivity index (χ4n) is 2.40. The van der Waals surface area contributed by atoms with E-state index in [0.717, 1.165) is 22.7 Å². The molecule has 0 aliphatic heterocycles. The second kappa shape index (κ2) is 5.00. The van der Waals surface area contributed by atoms with E-state index in [1.807, 2.05) is 31.2 Å². The minimum absolute atomic E-state index is 0.560. The number of nitrogens with zero attached hydrogens (tertiary/aromatic N) is 2. The molecule has 0 fully saturated rings. The molecule has 3 aromatic rings. The lowest BCUT2D eigenvalue weighted by molar-refractivity contribution is 0.308. The fraction of sp³-hybridized carbons (Fsp3) is 0.235. The van der Waals surface area contributed by atoms with Crippen molar-refractivity contribution in [1.29, 1.82) is 0 Å². The molecule has 0 spiro atoms. The number of fused-ring (bicyclic) bond motifs is 1. The molecule has 0 aliphatic rings. The Morgan fingerprint density at radius 1 is 1.00 bits per heavy atom.